The number of nitrogens with one attached hydrogen (secondary N) is 1. The standard InChI is InChI=1S/C14H17NOS/c1-11(15-10-13-8-5-9-17-13)14(16)12-6-3-2-4-7-12/h2-9,11,14-16H,10H2,1H3/t11?,14-/m1/s1. The molecule has 2 rings (SSSR count). The van der Waals surface area contributed by atoms with Crippen molar-refractivity contribution in [3.63, 3.8) is 0 Å². The second kappa shape index (κ2) is 5.96. The van der Waals surface area contributed by atoms with Crippen LogP contribution in [0, 0.1) is 0 Å². The van der Waals surface area contributed by atoms with Gasteiger partial charge >= 0.3 is 0 Å². The van der Waals surface area contributed by atoms with Crippen LogP contribution in [0.5, 0.6) is 0 Å². The van der Waals surface area contributed by atoms with Gasteiger partial charge in [0, 0.05) is 17.5 Å². The molecule has 1 aromatic heterocycles. The van der Waals surface area contributed by atoms with Gasteiger partial charge in [-0.15, -0.1) is 11.3 Å². The number of aliphatic hydroxyl groups excluding tert-OH is 1. The quantitative estimate of drug-likeness (QED) is 0.851. The lowest BCUT2D eigenvalue weighted by Crippen LogP contribution is -2.31. The molecule has 0 bridgehead atoms. The molecular weight excluding hydrogens is 230 g/mol. The van der Waals surface area contributed by atoms with Crippen molar-refractivity contribution in [3.8, 4) is 0 Å². The Morgan fingerprint density at radius 1 is 1.18 bits per heavy atom. The number of benzene rings is 1. The summed E-state index contributed by atoms with van der Waals surface area (Å²) in [6.07, 6.45) is -0.462. The van der Waals surface area contributed by atoms with Crippen LogP contribution < -0.4 is 5.32 Å². The van der Waals surface area contributed by atoms with Gasteiger partial charge in [-0.25, -0.2) is 0 Å². The Morgan fingerprint density at radius 2 is 1.94 bits per heavy atom. The van der Waals surface area contributed by atoms with E-state index in [4.69, 9.17) is 0 Å². The highest BCUT2D eigenvalue weighted by Gasteiger charge is 2.15. The first-order valence-corrected chi connectivity index (χ1v) is 6.64. The number of rotatable bonds is 5. The van der Waals surface area contributed by atoms with Crippen molar-refractivity contribution in [3.05, 3.63) is 58.3 Å². The summed E-state index contributed by atoms with van der Waals surface area (Å²) in [4.78, 5) is 1.29. The lowest BCUT2D eigenvalue weighted by Gasteiger charge is -2.20. The Hall–Kier alpha value is -1.16. The summed E-state index contributed by atoms with van der Waals surface area (Å²) in [6, 6.07) is 13.9. The first kappa shape index (κ1) is 12.3. The van der Waals surface area contributed by atoms with Crippen molar-refractivity contribution in [2.75, 3.05) is 0 Å². The van der Waals surface area contributed by atoms with Crippen molar-refractivity contribution in [2.45, 2.75) is 25.6 Å². The van der Waals surface area contributed by atoms with Crippen molar-refractivity contribution < 1.29 is 5.11 Å². The lowest BCUT2D eigenvalue weighted by atomic mass is 10.0. The molecule has 2 aromatic rings. The SMILES string of the molecule is CC(NCc1cccs1)[C@@H](O)c1ccccc1. The zero-order valence-corrected chi connectivity index (χ0v) is 10.7. The van der Waals surface area contributed by atoms with Crippen molar-refractivity contribution >= 4 is 11.3 Å². The third-order valence-electron chi connectivity index (χ3n) is 2.79. The smallest absolute Gasteiger partial charge is 0.0940 e. The van der Waals surface area contributed by atoms with E-state index in [1.807, 2.05) is 43.3 Å². The average Bonchev–Trinajstić information content (AvgIpc) is 2.89. The van der Waals surface area contributed by atoms with Crippen molar-refractivity contribution in [1.29, 1.82) is 0 Å². The molecule has 0 aliphatic carbocycles. The molecule has 2 atom stereocenters. The van der Waals surface area contributed by atoms with Crippen LogP contribution in [0.15, 0.2) is 47.8 Å². The molecular formula is C14H17NOS. The number of hydrogen-bond acceptors (Lipinski definition) is 3. The summed E-state index contributed by atoms with van der Waals surface area (Å²) >= 11 is 1.73. The first-order chi connectivity index (χ1) is 8.27. The van der Waals surface area contributed by atoms with Crippen LogP contribution in [0.1, 0.15) is 23.5 Å². The molecule has 2 N–H and O–H groups in total. The van der Waals surface area contributed by atoms with Crippen LogP contribution in [-0.4, -0.2) is 11.1 Å². The van der Waals surface area contributed by atoms with Crippen LogP contribution in [0.25, 0.3) is 0 Å². The highest BCUT2D eigenvalue weighted by molar-refractivity contribution is 7.09. The summed E-state index contributed by atoms with van der Waals surface area (Å²) in [6.45, 7) is 2.81. The zero-order valence-electron chi connectivity index (χ0n) is 9.84. The molecule has 0 saturated carbocycles. The molecule has 0 aliphatic rings. The monoisotopic (exact) mass is 247 g/mol. The second-order valence-electron chi connectivity index (χ2n) is 4.10. The molecule has 0 fully saturated rings. The average molecular weight is 247 g/mol. The van der Waals surface area contributed by atoms with E-state index in [0.29, 0.717) is 0 Å². The molecule has 1 aromatic carbocycles. The summed E-state index contributed by atoms with van der Waals surface area (Å²) < 4.78 is 0. The number of thiophene rings is 1. The van der Waals surface area contributed by atoms with Crippen molar-refractivity contribution in [1.82, 2.24) is 5.32 Å². The normalized spacial score (nSPS) is 14.5. The van der Waals surface area contributed by atoms with Gasteiger partial charge in [0.1, 0.15) is 0 Å². The predicted molar refractivity (Wildman–Crippen MR) is 72.0 cm³/mol. The molecule has 1 heterocycles. The molecule has 0 radical (unpaired) electrons. The van der Waals surface area contributed by atoms with Crippen LogP contribution in [-0.2, 0) is 6.54 Å². The maximum Gasteiger partial charge on any atom is 0.0940 e. The fourth-order valence-electron chi connectivity index (χ4n) is 1.73. The third kappa shape index (κ3) is 3.40. The molecule has 3 heteroatoms. The Kier molecular flexibility index (Phi) is 4.31. The predicted octanol–water partition coefficient (Wildman–Crippen LogP) is 2.96. The van der Waals surface area contributed by atoms with Crippen LogP contribution >= 0.6 is 11.3 Å². The summed E-state index contributed by atoms with van der Waals surface area (Å²) in [7, 11) is 0. The van der Waals surface area contributed by atoms with Gasteiger partial charge in [-0.2, -0.15) is 0 Å². The van der Waals surface area contributed by atoms with Gasteiger partial charge in [0.15, 0.2) is 0 Å². The maximum absolute atomic E-state index is 10.2. The highest BCUT2D eigenvalue weighted by Crippen LogP contribution is 2.17. The van der Waals surface area contributed by atoms with E-state index < -0.39 is 6.10 Å². The maximum atomic E-state index is 10.2. The number of aliphatic hydroxyl groups is 1. The molecule has 0 amide bonds. The second-order valence-corrected chi connectivity index (χ2v) is 5.14. The molecule has 2 nitrogen and oxygen atoms in total. The Morgan fingerprint density at radius 3 is 2.59 bits per heavy atom. The molecule has 17 heavy (non-hydrogen) atoms. The van der Waals surface area contributed by atoms with Crippen LogP contribution in [0.2, 0.25) is 0 Å². The zero-order chi connectivity index (χ0) is 12.1. The largest absolute Gasteiger partial charge is 0.387 e. The summed E-state index contributed by atoms with van der Waals surface area (Å²) in [5.41, 5.74) is 0.957. The van der Waals surface area contributed by atoms with Gasteiger partial charge in [-0.1, -0.05) is 36.4 Å². The van der Waals surface area contributed by atoms with E-state index >= 15 is 0 Å². The third-order valence-corrected chi connectivity index (χ3v) is 3.67. The minimum absolute atomic E-state index is 0.0412. The van der Waals surface area contributed by atoms with Gasteiger partial charge in [0.2, 0.25) is 0 Å². The first-order valence-electron chi connectivity index (χ1n) is 5.76. The summed E-state index contributed by atoms with van der Waals surface area (Å²) in [5.74, 6) is 0. The Labute approximate surface area is 106 Å². The van der Waals surface area contributed by atoms with E-state index in [1.54, 1.807) is 11.3 Å². The molecule has 1 unspecified atom stereocenters. The Bertz CT molecular complexity index is 427. The molecule has 90 valence electrons. The van der Waals surface area contributed by atoms with E-state index in [-0.39, 0.29) is 6.04 Å². The Balaban J connectivity index is 1.89. The van der Waals surface area contributed by atoms with E-state index in [2.05, 4.69) is 16.8 Å². The molecule has 0 spiro atoms. The topological polar surface area (TPSA) is 32.3 Å². The van der Waals surface area contributed by atoms with E-state index in [1.165, 1.54) is 4.88 Å². The van der Waals surface area contributed by atoms with E-state index in [0.717, 1.165) is 12.1 Å². The fourth-order valence-corrected chi connectivity index (χ4v) is 2.38. The van der Waals surface area contributed by atoms with Gasteiger partial charge in [-0.05, 0) is 23.9 Å². The number of hydrogen-bond donors (Lipinski definition) is 2. The van der Waals surface area contributed by atoms with Crippen molar-refractivity contribution in [2.24, 2.45) is 0 Å². The van der Waals surface area contributed by atoms with Crippen LogP contribution in [0.4, 0.5) is 0 Å². The van der Waals surface area contributed by atoms with Gasteiger partial charge in [-0.3, -0.25) is 0 Å². The minimum atomic E-state index is -0.462. The van der Waals surface area contributed by atoms with Crippen LogP contribution in [0.3, 0.4) is 0 Å². The summed E-state index contributed by atoms with van der Waals surface area (Å²) in [5, 5.41) is 15.6. The van der Waals surface area contributed by atoms with E-state index in [9.17, 15) is 5.11 Å². The highest BCUT2D eigenvalue weighted by atomic mass is 32.1. The molecule has 0 saturated heterocycles. The van der Waals surface area contributed by atoms with Gasteiger partial charge < -0.3 is 10.4 Å². The lowest BCUT2D eigenvalue weighted by molar-refractivity contribution is 0.135. The van der Waals surface area contributed by atoms with Gasteiger partial charge in [0.05, 0.1) is 6.10 Å². The van der Waals surface area contributed by atoms with Gasteiger partial charge in [0.25, 0.3) is 0 Å². The fraction of sp³-hybridized carbons (Fsp3) is 0.286. The minimum Gasteiger partial charge on any atom is -0.387 e. The molecule has 0 aliphatic heterocycles.